The maximum absolute atomic E-state index is 11.8. The lowest BCUT2D eigenvalue weighted by atomic mass is 10.4. The highest BCUT2D eigenvalue weighted by Crippen LogP contribution is 2.25. The van der Waals surface area contributed by atoms with Gasteiger partial charge in [-0.15, -0.1) is 0 Å². The third-order valence-electron chi connectivity index (χ3n) is 2.27. The first-order chi connectivity index (χ1) is 7.03. The van der Waals surface area contributed by atoms with Crippen molar-refractivity contribution in [2.24, 2.45) is 0 Å². The van der Waals surface area contributed by atoms with Crippen molar-refractivity contribution in [1.29, 1.82) is 0 Å². The molecule has 0 bridgehead atoms. The number of nitrogens with one attached hydrogen (secondary N) is 1. The van der Waals surface area contributed by atoms with Gasteiger partial charge in [0.25, 0.3) is 0 Å². The number of sulfonamides is 1. The second kappa shape index (κ2) is 3.62. The second-order valence-corrected chi connectivity index (χ2v) is 5.37. The zero-order valence-electron chi connectivity index (χ0n) is 8.36. The first-order valence-corrected chi connectivity index (χ1v) is 6.24. The summed E-state index contributed by atoms with van der Waals surface area (Å²) in [5.41, 5.74) is 0. The lowest BCUT2D eigenvalue weighted by Gasteiger charge is -2.02. The van der Waals surface area contributed by atoms with Crippen molar-refractivity contribution in [3.63, 3.8) is 0 Å². The van der Waals surface area contributed by atoms with E-state index in [4.69, 9.17) is 9.52 Å². The van der Waals surface area contributed by atoms with Gasteiger partial charge in [-0.25, -0.2) is 13.1 Å². The van der Waals surface area contributed by atoms with Gasteiger partial charge >= 0.3 is 0 Å². The molecule has 2 N–H and O–H groups in total. The molecule has 0 atom stereocenters. The lowest BCUT2D eigenvalue weighted by Crippen LogP contribution is -2.25. The summed E-state index contributed by atoms with van der Waals surface area (Å²) in [6, 6.07) is 1.43. The molecule has 0 spiro atoms. The lowest BCUT2D eigenvalue weighted by molar-refractivity contribution is 0.244. The Bertz CT molecular complexity index is 458. The van der Waals surface area contributed by atoms with Gasteiger partial charge in [-0.3, -0.25) is 0 Å². The molecule has 0 amide bonds. The van der Waals surface area contributed by atoms with E-state index in [0.29, 0.717) is 5.76 Å². The molecule has 0 saturated heterocycles. The van der Waals surface area contributed by atoms with Crippen LogP contribution >= 0.6 is 0 Å². The maximum atomic E-state index is 11.8. The first kappa shape index (κ1) is 10.7. The van der Waals surface area contributed by atoms with Crippen molar-refractivity contribution in [2.75, 3.05) is 0 Å². The van der Waals surface area contributed by atoms with Crippen LogP contribution < -0.4 is 4.72 Å². The average Bonchev–Trinajstić information content (AvgIpc) is 2.85. The Morgan fingerprint density at radius 1 is 1.60 bits per heavy atom. The van der Waals surface area contributed by atoms with Gasteiger partial charge in [-0.05, 0) is 19.8 Å². The molecule has 15 heavy (non-hydrogen) atoms. The highest BCUT2D eigenvalue weighted by molar-refractivity contribution is 7.89. The predicted octanol–water partition coefficient (Wildman–Crippen LogP) is 0.521. The fourth-order valence-corrected chi connectivity index (χ4v) is 2.86. The van der Waals surface area contributed by atoms with Crippen LogP contribution in [0.5, 0.6) is 0 Å². The molecular weight excluding hydrogens is 218 g/mol. The average molecular weight is 231 g/mol. The van der Waals surface area contributed by atoms with Crippen molar-refractivity contribution in [2.45, 2.75) is 37.3 Å². The number of aryl methyl sites for hydroxylation is 1. The summed E-state index contributed by atoms with van der Waals surface area (Å²) >= 11 is 0. The van der Waals surface area contributed by atoms with Crippen LogP contribution in [0, 0.1) is 6.92 Å². The van der Waals surface area contributed by atoms with Gasteiger partial charge in [-0.2, -0.15) is 0 Å². The van der Waals surface area contributed by atoms with E-state index in [1.54, 1.807) is 6.92 Å². The fourth-order valence-electron chi connectivity index (χ4n) is 1.35. The van der Waals surface area contributed by atoms with Crippen LogP contribution in [0.3, 0.4) is 0 Å². The van der Waals surface area contributed by atoms with Gasteiger partial charge in [0.1, 0.15) is 23.0 Å². The van der Waals surface area contributed by atoms with Gasteiger partial charge in [0, 0.05) is 12.1 Å². The van der Waals surface area contributed by atoms with Crippen LogP contribution in [0.2, 0.25) is 0 Å². The number of rotatable bonds is 4. The second-order valence-electron chi connectivity index (χ2n) is 3.69. The third-order valence-corrected chi connectivity index (χ3v) is 3.90. The van der Waals surface area contributed by atoms with E-state index in [1.165, 1.54) is 6.07 Å². The van der Waals surface area contributed by atoms with E-state index >= 15 is 0 Å². The van der Waals surface area contributed by atoms with Gasteiger partial charge in [0.05, 0.1) is 0 Å². The molecular formula is C9H13NO4S. The minimum absolute atomic E-state index is 0.0712. The number of hydrogen-bond acceptors (Lipinski definition) is 4. The van der Waals surface area contributed by atoms with Crippen LogP contribution in [0.25, 0.3) is 0 Å². The van der Waals surface area contributed by atoms with Crippen LogP contribution in [0.1, 0.15) is 24.4 Å². The smallest absolute Gasteiger partial charge is 0.244 e. The Morgan fingerprint density at radius 3 is 2.73 bits per heavy atom. The SMILES string of the molecule is Cc1oc(CO)cc1S(=O)(=O)NC1CC1. The summed E-state index contributed by atoms with van der Waals surface area (Å²) in [5.74, 6) is 0.580. The Kier molecular flexibility index (Phi) is 2.57. The molecule has 0 aliphatic heterocycles. The highest BCUT2D eigenvalue weighted by Gasteiger charge is 2.30. The molecule has 6 heteroatoms. The first-order valence-electron chi connectivity index (χ1n) is 4.75. The summed E-state index contributed by atoms with van der Waals surface area (Å²) in [6.07, 6.45) is 1.78. The number of aliphatic hydroxyl groups is 1. The quantitative estimate of drug-likeness (QED) is 0.791. The third kappa shape index (κ3) is 2.22. The van der Waals surface area contributed by atoms with Crippen LogP contribution in [-0.2, 0) is 16.6 Å². The molecule has 0 unspecified atom stereocenters. The monoisotopic (exact) mass is 231 g/mol. The molecule has 0 aromatic carbocycles. The zero-order chi connectivity index (χ0) is 11.1. The Hall–Kier alpha value is -0.850. The molecule has 1 saturated carbocycles. The normalized spacial score (nSPS) is 16.9. The van der Waals surface area contributed by atoms with E-state index in [0.717, 1.165) is 12.8 Å². The Labute approximate surface area is 88.1 Å². The summed E-state index contributed by atoms with van der Waals surface area (Å²) in [4.78, 5) is 0.124. The summed E-state index contributed by atoms with van der Waals surface area (Å²) in [5, 5.41) is 8.83. The minimum atomic E-state index is -3.47. The fraction of sp³-hybridized carbons (Fsp3) is 0.556. The molecule has 1 fully saturated rings. The maximum Gasteiger partial charge on any atom is 0.244 e. The van der Waals surface area contributed by atoms with Crippen molar-refractivity contribution in [3.05, 3.63) is 17.6 Å². The van der Waals surface area contributed by atoms with E-state index in [9.17, 15) is 8.42 Å². The number of hydrogen-bond donors (Lipinski definition) is 2. The Morgan fingerprint density at radius 2 is 2.27 bits per heavy atom. The van der Waals surface area contributed by atoms with E-state index in [1.807, 2.05) is 0 Å². The van der Waals surface area contributed by atoms with Crippen molar-refractivity contribution < 1.29 is 17.9 Å². The zero-order valence-corrected chi connectivity index (χ0v) is 9.17. The van der Waals surface area contributed by atoms with Gasteiger partial charge in [0.15, 0.2) is 0 Å². The summed E-state index contributed by atoms with van der Waals surface area (Å²) < 4.78 is 31.2. The van der Waals surface area contributed by atoms with Crippen LogP contribution in [0.4, 0.5) is 0 Å². The highest BCUT2D eigenvalue weighted by atomic mass is 32.2. The molecule has 1 aliphatic rings. The minimum Gasteiger partial charge on any atom is -0.462 e. The van der Waals surface area contributed by atoms with Crippen LogP contribution in [-0.4, -0.2) is 19.6 Å². The molecule has 1 aliphatic carbocycles. The van der Waals surface area contributed by atoms with Crippen molar-refractivity contribution >= 4 is 10.0 Å². The largest absolute Gasteiger partial charge is 0.462 e. The molecule has 0 radical (unpaired) electrons. The van der Waals surface area contributed by atoms with E-state index < -0.39 is 10.0 Å². The molecule has 1 aromatic rings. The standard InChI is InChI=1S/C9H13NO4S/c1-6-9(4-8(5-11)14-6)15(12,13)10-7-2-3-7/h4,7,10-11H,2-3,5H2,1H3. The molecule has 1 aromatic heterocycles. The molecule has 5 nitrogen and oxygen atoms in total. The van der Waals surface area contributed by atoms with Gasteiger partial charge in [0.2, 0.25) is 10.0 Å². The van der Waals surface area contributed by atoms with Crippen LogP contribution in [0.15, 0.2) is 15.4 Å². The summed E-state index contributed by atoms with van der Waals surface area (Å²) in [7, 11) is -3.47. The molecule has 2 rings (SSSR count). The van der Waals surface area contributed by atoms with E-state index in [-0.39, 0.29) is 23.3 Å². The van der Waals surface area contributed by atoms with E-state index in [2.05, 4.69) is 4.72 Å². The number of furan rings is 1. The predicted molar refractivity (Wildman–Crippen MR) is 52.7 cm³/mol. The molecule has 1 heterocycles. The topological polar surface area (TPSA) is 79.5 Å². The number of aliphatic hydroxyl groups excluding tert-OH is 1. The summed E-state index contributed by atoms with van der Waals surface area (Å²) in [6.45, 7) is 1.28. The van der Waals surface area contributed by atoms with Gasteiger partial charge < -0.3 is 9.52 Å². The molecule has 84 valence electrons. The van der Waals surface area contributed by atoms with Gasteiger partial charge in [-0.1, -0.05) is 0 Å². The van der Waals surface area contributed by atoms with Crippen molar-refractivity contribution in [3.8, 4) is 0 Å². The Balaban J connectivity index is 2.30. The van der Waals surface area contributed by atoms with Crippen molar-refractivity contribution in [1.82, 2.24) is 4.72 Å².